The summed E-state index contributed by atoms with van der Waals surface area (Å²) in [5.41, 5.74) is -0.178. The Labute approximate surface area is 117 Å². The summed E-state index contributed by atoms with van der Waals surface area (Å²) in [7, 11) is 0. The highest BCUT2D eigenvalue weighted by Gasteiger charge is 2.54. The minimum Gasteiger partial charge on any atom is -0.370 e. The third-order valence-electron chi connectivity index (χ3n) is 4.21. The molecular weight excluding hydrogens is 254 g/mol. The Hall–Kier alpha value is -2.18. The van der Waals surface area contributed by atoms with Gasteiger partial charge < -0.3 is 10.0 Å². The SMILES string of the molecule is CCCN1c2nc(C#N)c(C#N)nc2C2CCCC21O. The van der Waals surface area contributed by atoms with Crippen LogP contribution in [0, 0.1) is 22.7 Å². The highest BCUT2D eigenvalue weighted by atomic mass is 16.3. The van der Waals surface area contributed by atoms with Crippen molar-refractivity contribution >= 4 is 5.82 Å². The van der Waals surface area contributed by atoms with E-state index in [9.17, 15) is 5.11 Å². The number of nitriles is 2. The maximum absolute atomic E-state index is 11.0. The first kappa shape index (κ1) is 12.8. The van der Waals surface area contributed by atoms with Gasteiger partial charge in [0.25, 0.3) is 0 Å². The lowest BCUT2D eigenvalue weighted by atomic mass is 9.99. The maximum Gasteiger partial charge on any atom is 0.179 e. The molecule has 1 aliphatic carbocycles. The first-order chi connectivity index (χ1) is 9.65. The number of hydrogen-bond acceptors (Lipinski definition) is 6. The Morgan fingerprint density at radius 2 is 2.05 bits per heavy atom. The summed E-state index contributed by atoms with van der Waals surface area (Å²) in [5.74, 6) is 0.478. The summed E-state index contributed by atoms with van der Waals surface area (Å²) in [6.45, 7) is 2.71. The molecule has 6 heteroatoms. The van der Waals surface area contributed by atoms with E-state index in [0.717, 1.165) is 19.3 Å². The zero-order valence-corrected chi connectivity index (χ0v) is 11.3. The van der Waals surface area contributed by atoms with E-state index in [4.69, 9.17) is 10.5 Å². The van der Waals surface area contributed by atoms with Crippen molar-refractivity contribution in [3.05, 3.63) is 17.1 Å². The van der Waals surface area contributed by atoms with Gasteiger partial charge in [-0.05, 0) is 25.7 Å². The molecule has 0 aromatic carbocycles. The predicted molar refractivity (Wildman–Crippen MR) is 70.6 cm³/mol. The molecule has 20 heavy (non-hydrogen) atoms. The van der Waals surface area contributed by atoms with Gasteiger partial charge >= 0.3 is 0 Å². The van der Waals surface area contributed by atoms with E-state index >= 15 is 0 Å². The van der Waals surface area contributed by atoms with Crippen molar-refractivity contribution < 1.29 is 5.11 Å². The summed E-state index contributed by atoms with van der Waals surface area (Å²) in [5, 5.41) is 29.1. The molecule has 2 unspecified atom stereocenters. The van der Waals surface area contributed by atoms with Crippen molar-refractivity contribution in [3.63, 3.8) is 0 Å². The molecule has 0 saturated heterocycles. The van der Waals surface area contributed by atoms with Crippen LogP contribution in [0.3, 0.4) is 0 Å². The van der Waals surface area contributed by atoms with Gasteiger partial charge in [-0.2, -0.15) is 10.5 Å². The molecule has 0 radical (unpaired) electrons. The van der Waals surface area contributed by atoms with Crippen LogP contribution in [0.4, 0.5) is 5.82 Å². The topological polar surface area (TPSA) is 96.8 Å². The van der Waals surface area contributed by atoms with Crippen LogP contribution in [0.15, 0.2) is 0 Å². The van der Waals surface area contributed by atoms with Crippen LogP contribution in [0.1, 0.15) is 55.6 Å². The fraction of sp³-hybridized carbons (Fsp3) is 0.571. The van der Waals surface area contributed by atoms with Crippen LogP contribution >= 0.6 is 0 Å². The van der Waals surface area contributed by atoms with Crippen molar-refractivity contribution in [2.24, 2.45) is 0 Å². The van der Waals surface area contributed by atoms with Crippen LogP contribution in [-0.4, -0.2) is 27.3 Å². The first-order valence-corrected chi connectivity index (χ1v) is 6.87. The molecule has 2 heterocycles. The predicted octanol–water partition coefficient (Wildman–Crippen LogP) is 1.41. The fourth-order valence-electron chi connectivity index (χ4n) is 3.38. The van der Waals surface area contributed by atoms with Crippen molar-refractivity contribution in [1.82, 2.24) is 9.97 Å². The van der Waals surface area contributed by atoms with Gasteiger partial charge in [0.15, 0.2) is 17.2 Å². The lowest BCUT2D eigenvalue weighted by Gasteiger charge is -2.34. The fourth-order valence-corrected chi connectivity index (χ4v) is 3.38. The van der Waals surface area contributed by atoms with Gasteiger partial charge in [-0.15, -0.1) is 0 Å². The lowest BCUT2D eigenvalue weighted by molar-refractivity contribution is 0.0353. The number of nitrogens with zero attached hydrogens (tertiary/aromatic N) is 5. The molecule has 1 saturated carbocycles. The second-order valence-corrected chi connectivity index (χ2v) is 5.33. The Balaban J connectivity index is 2.19. The lowest BCUT2D eigenvalue weighted by Crippen LogP contribution is -2.46. The third-order valence-corrected chi connectivity index (χ3v) is 4.21. The van der Waals surface area contributed by atoms with Crippen molar-refractivity contribution in [2.75, 3.05) is 11.4 Å². The molecule has 1 aromatic rings. The Kier molecular flexibility index (Phi) is 2.84. The molecule has 0 bridgehead atoms. The van der Waals surface area contributed by atoms with Gasteiger partial charge in [0.2, 0.25) is 0 Å². The van der Waals surface area contributed by atoms with Gasteiger partial charge in [0.1, 0.15) is 17.9 Å². The Morgan fingerprint density at radius 3 is 2.70 bits per heavy atom. The number of aromatic nitrogens is 2. The molecular formula is C14H15N5O. The van der Waals surface area contributed by atoms with Crippen LogP contribution in [-0.2, 0) is 0 Å². The number of aliphatic hydroxyl groups is 1. The van der Waals surface area contributed by atoms with E-state index < -0.39 is 5.72 Å². The van der Waals surface area contributed by atoms with Crippen LogP contribution in [0.25, 0.3) is 0 Å². The average molecular weight is 269 g/mol. The van der Waals surface area contributed by atoms with Gasteiger partial charge in [-0.1, -0.05) is 6.92 Å². The summed E-state index contributed by atoms with van der Waals surface area (Å²) in [4.78, 5) is 10.5. The molecule has 6 nitrogen and oxygen atoms in total. The zero-order chi connectivity index (χ0) is 14.3. The van der Waals surface area contributed by atoms with Gasteiger partial charge in [0.05, 0.1) is 11.6 Å². The maximum atomic E-state index is 11.0. The van der Waals surface area contributed by atoms with Crippen molar-refractivity contribution in [3.8, 4) is 12.1 Å². The van der Waals surface area contributed by atoms with E-state index in [0.29, 0.717) is 24.5 Å². The second kappa shape index (κ2) is 4.43. The van der Waals surface area contributed by atoms with E-state index in [1.807, 2.05) is 24.0 Å². The second-order valence-electron chi connectivity index (χ2n) is 5.33. The first-order valence-electron chi connectivity index (χ1n) is 6.87. The normalized spacial score (nSPS) is 26.8. The van der Waals surface area contributed by atoms with E-state index in [-0.39, 0.29) is 17.3 Å². The summed E-state index contributed by atoms with van der Waals surface area (Å²) >= 11 is 0. The summed E-state index contributed by atoms with van der Waals surface area (Å²) in [6, 6.07) is 3.83. The summed E-state index contributed by atoms with van der Waals surface area (Å²) < 4.78 is 0. The minimum atomic E-state index is -0.945. The molecule has 0 amide bonds. The molecule has 1 aliphatic heterocycles. The summed E-state index contributed by atoms with van der Waals surface area (Å²) in [6.07, 6.45) is 3.33. The van der Waals surface area contributed by atoms with Crippen molar-refractivity contribution in [1.29, 1.82) is 10.5 Å². The number of fused-ring (bicyclic) bond motifs is 3. The van der Waals surface area contributed by atoms with Gasteiger partial charge in [0, 0.05) is 6.54 Å². The molecule has 2 aliphatic rings. The standard InChI is InChI=1S/C14H15N5O/c1-2-6-19-13-12(9-4-3-5-14(9,19)20)17-10(7-15)11(8-16)18-13/h9,20H,2-6H2,1H3. The molecule has 2 atom stereocenters. The van der Waals surface area contributed by atoms with Crippen molar-refractivity contribution in [2.45, 2.75) is 44.2 Å². The Bertz CT molecular complexity index is 644. The van der Waals surface area contributed by atoms with E-state index in [1.54, 1.807) is 0 Å². The van der Waals surface area contributed by atoms with Crippen LogP contribution in [0.5, 0.6) is 0 Å². The number of hydrogen-bond donors (Lipinski definition) is 1. The molecule has 0 spiro atoms. The average Bonchev–Trinajstić information content (AvgIpc) is 2.94. The smallest absolute Gasteiger partial charge is 0.179 e. The van der Waals surface area contributed by atoms with Gasteiger partial charge in [-0.25, -0.2) is 9.97 Å². The number of anilines is 1. The molecule has 3 rings (SSSR count). The Morgan fingerprint density at radius 1 is 1.35 bits per heavy atom. The molecule has 1 N–H and O–H groups in total. The number of rotatable bonds is 2. The largest absolute Gasteiger partial charge is 0.370 e. The highest BCUT2D eigenvalue weighted by molar-refractivity contribution is 5.59. The van der Waals surface area contributed by atoms with E-state index in [1.165, 1.54) is 0 Å². The van der Waals surface area contributed by atoms with Gasteiger partial charge in [-0.3, -0.25) is 0 Å². The highest BCUT2D eigenvalue weighted by Crippen LogP contribution is 2.53. The van der Waals surface area contributed by atoms with Crippen LogP contribution in [0.2, 0.25) is 0 Å². The van der Waals surface area contributed by atoms with Crippen LogP contribution < -0.4 is 4.90 Å². The minimum absolute atomic E-state index is 0.0379. The third kappa shape index (κ3) is 1.52. The molecule has 1 fully saturated rings. The monoisotopic (exact) mass is 269 g/mol. The molecule has 1 aromatic heterocycles. The molecule has 102 valence electrons. The quantitative estimate of drug-likeness (QED) is 0.871. The zero-order valence-electron chi connectivity index (χ0n) is 11.3. The van der Waals surface area contributed by atoms with E-state index in [2.05, 4.69) is 9.97 Å².